The summed E-state index contributed by atoms with van der Waals surface area (Å²) >= 11 is 7.06. The summed E-state index contributed by atoms with van der Waals surface area (Å²) in [6.07, 6.45) is 1.32. The molecule has 1 heterocycles. The van der Waals surface area contributed by atoms with Crippen LogP contribution < -0.4 is 5.32 Å². The average molecular weight is 362 g/mol. The molecule has 1 aliphatic heterocycles. The second-order valence-electron chi connectivity index (χ2n) is 4.70. The van der Waals surface area contributed by atoms with Crippen molar-refractivity contribution in [2.24, 2.45) is 5.92 Å². The third kappa shape index (κ3) is 3.78. The highest BCUT2D eigenvalue weighted by Crippen LogP contribution is 2.25. The summed E-state index contributed by atoms with van der Waals surface area (Å²) in [5, 5.41) is 3.27. The van der Waals surface area contributed by atoms with Crippen LogP contribution in [0.2, 0.25) is 0 Å². The molecule has 94 valence electrons. The zero-order chi connectivity index (χ0) is 12.3. The quantitative estimate of drug-likeness (QED) is 0.885. The molecule has 1 unspecified atom stereocenters. The first-order chi connectivity index (χ1) is 8.19. The smallest absolute Gasteiger partial charge is 0.0320 e. The van der Waals surface area contributed by atoms with E-state index in [0.717, 1.165) is 28.0 Å². The molecule has 1 N–H and O–H groups in total. The molecule has 1 aromatic rings. The Bertz CT molecular complexity index is 382. The first kappa shape index (κ1) is 13.5. The van der Waals surface area contributed by atoms with Gasteiger partial charge in [-0.25, -0.2) is 0 Å². The highest BCUT2D eigenvalue weighted by Gasteiger charge is 2.21. The van der Waals surface area contributed by atoms with Crippen molar-refractivity contribution in [2.75, 3.05) is 26.7 Å². The summed E-state index contributed by atoms with van der Waals surface area (Å²) in [7, 11) is 2.04. The summed E-state index contributed by atoms with van der Waals surface area (Å²) in [6.45, 7) is 4.64. The van der Waals surface area contributed by atoms with E-state index in [-0.39, 0.29) is 0 Å². The highest BCUT2D eigenvalue weighted by molar-refractivity contribution is 9.13. The molecule has 4 heteroatoms. The van der Waals surface area contributed by atoms with Crippen molar-refractivity contribution >= 4 is 31.9 Å². The van der Waals surface area contributed by atoms with Crippen molar-refractivity contribution in [3.8, 4) is 0 Å². The van der Waals surface area contributed by atoms with Gasteiger partial charge in [-0.15, -0.1) is 0 Å². The van der Waals surface area contributed by atoms with Gasteiger partial charge in [0, 0.05) is 22.0 Å². The molecule has 0 saturated carbocycles. The number of nitrogens with one attached hydrogen (secondary N) is 1. The van der Waals surface area contributed by atoms with E-state index in [1.165, 1.54) is 25.1 Å². The van der Waals surface area contributed by atoms with Crippen molar-refractivity contribution in [3.63, 3.8) is 0 Å². The SMILES string of the molecule is CNCC1CCN(Cc2ccc(Br)c(Br)c2)C1. The van der Waals surface area contributed by atoms with Crippen molar-refractivity contribution in [2.45, 2.75) is 13.0 Å². The fraction of sp³-hybridized carbons (Fsp3) is 0.538. The third-order valence-corrected chi connectivity index (χ3v) is 5.13. The maximum Gasteiger partial charge on any atom is 0.0320 e. The fourth-order valence-electron chi connectivity index (χ4n) is 2.41. The monoisotopic (exact) mass is 360 g/mol. The Hall–Kier alpha value is 0.1000. The van der Waals surface area contributed by atoms with Gasteiger partial charge in [0.1, 0.15) is 0 Å². The van der Waals surface area contributed by atoms with Crippen LogP contribution in [0.1, 0.15) is 12.0 Å². The zero-order valence-electron chi connectivity index (χ0n) is 10.0. The van der Waals surface area contributed by atoms with Crippen LogP contribution in [0.4, 0.5) is 0 Å². The van der Waals surface area contributed by atoms with Gasteiger partial charge in [-0.2, -0.15) is 0 Å². The lowest BCUT2D eigenvalue weighted by atomic mass is 10.1. The third-order valence-electron chi connectivity index (χ3n) is 3.25. The molecule has 0 bridgehead atoms. The molecule has 0 aliphatic carbocycles. The number of nitrogens with zero attached hydrogens (tertiary/aromatic N) is 1. The van der Waals surface area contributed by atoms with Crippen LogP contribution in [0.25, 0.3) is 0 Å². The zero-order valence-corrected chi connectivity index (χ0v) is 13.2. The molecule has 2 rings (SSSR count). The number of hydrogen-bond donors (Lipinski definition) is 1. The molecule has 1 aliphatic rings. The summed E-state index contributed by atoms with van der Waals surface area (Å²) in [6, 6.07) is 6.51. The first-order valence-electron chi connectivity index (χ1n) is 6.00. The van der Waals surface area contributed by atoms with E-state index >= 15 is 0 Å². The van der Waals surface area contributed by atoms with Gasteiger partial charge in [0.2, 0.25) is 0 Å². The molecule has 0 aromatic heterocycles. The maximum absolute atomic E-state index is 3.56. The number of benzene rings is 1. The van der Waals surface area contributed by atoms with E-state index in [2.05, 4.69) is 60.3 Å². The predicted molar refractivity (Wildman–Crippen MR) is 79.2 cm³/mol. The molecular formula is C13H18Br2N2. The van der Waals surface area contributed by atoms with Crippen LogP contribution >= 0.6 is 31.9 Å². The summed E-state index contributed by atoms with van der Waals surface area (Å²) < 4.78 is 2.26. The van der Waals surface area contributed by atoms with Crippen molar-refractivity contribution in [1.29, 1.82) is 0 Å². The molecule has 2 nitrogen and oxygen atoms in total. The lowest BCUT2D eigenvalue weighted by Crippen LogP contribution is -2.24. The summed E-state index contributed by atoms with van der Waals surface area (Å²) in [5.74, 6) is 0.818. The van der Waals surface area contributed by atoms with Gasteiger partial charge < -0.3 is 5.32 Å². The van der Waals surface area contributed by atoms with E-state index in [1.54, 1.807) is 0 Å². The maximum atomic E-state index is 3.56. The molecule has 1 saturated heterocycles. The molecule has 0 radical (unpaired) electrons. The Morgan fingerprint density at radius 1 is 1.35 bits per heavy atom. The Morgan fingerprint density at radius 2 is 2.18 bits per heavy atom. The van der Waals surface area contributed by atoms with Gasteiger partial charge in [0.15, 0.2) is 0 Å². The Balaban J connectivity index is 1.91. The van der Waals surface area contributed by atoms with E-state index in [9.17, 15) is 0 Å². The minimum absolute atomic E-state index is 0.818. The van der Waals surface area contributed by atoms with Gasteiger partial charge in [0.05, 0.1) is 0 Å². The first-order valence-corrected chi connectivity index (χ1v) is 7.58. The minimum Gasteiger partial charge on any atom is -0.319 e. The number of hydrogen-bond acceptors (Lipinski definition) is 2. The topological polar surface area (TPSA) is 15.3 Å². The summed E-state index contributed by atoms with van der Waals surface area (Å²) in [5.41, 5.74) is 1.38. The number of rotatable bonds is 4. The lowest BCUT2D eigenvalue weighted by Gasteiger charge is -2.16. The van der Waals surface area contributed by atoms with E-state index in [4.69, 9.17) is 0 Å². The average Bonchev–Trinajstić information content (AvgIpc) is 2.72. The molecule has 1 atom stereocenters. The second kappa shape index (κ2) is 6.32. The lowest BCUT2D eigenvalue weighted by molar-refractivity contribution is 0.315. The largest absolute Gasteiger partial charge is 0.319 e. The molecule has 0 amide bonds. The van der Waals surface area contributed by atoms with E-state index in [0.29, 0.717) is 0 Å². The van der Waals surface area contributed by atoms with Gasteiger partial charge >= 0.3 is 0 Å². The molecule has 1 aromatic carbocycles. The van der Waals surface area contributed by atoms with Crippen molar-refractivity contribution < 1.29 is 0 Å². The number of likely N-dealkylation sites (tertiary alicyclic amines) is 1. The van der Waals surface area contributed by atoms with Crippen LogP contribution in [0.3, 0.4) is 0 Å². The van der Waals surface area contributed by atoms with Gasteiger partial charge in [-0.3, -0.25) is 4.90 Å². The Kier molecular flexibility index (Phi) is 5.03. The Morgan fingerprint density at radius 3 is 2.88 bits per heavy atom. The molecule has 17 heavy (non-hydrogen) atoms. The van der Waals surface area contributed by atoms with E-state index < -0.39 is 0 Å². The van der Waals surface area contributed by atoms with Crippen LogP contribution in [-0.4, -0.2) is 31.6 Å². The summed E-state index contributed by atoms with van der Waals surface area (Å²) in [4.78, 5) is 2.54. The van der Waals surface area contributed by atoms with Gasteiger partial charge in [-0.05, 0) is 82.0 Å². The van der Waals surface area contributed by atoms with Crippen LogP contribution in [0.5, 0.6) is 0 Å². The highest BCUT2D eigenvalue weighted by atomic mass is 79.9. The minimum atomic E-state index is 0.818. The van der Waals surface area contributed by atoms with Crippen molar-refractivity contribution in [3.05, 3.63) is 32.7 Å². The molecule has 0 spiro atoms. The Labute approximate surface area is 120 Å². The standard InChI is InChI=1S/C13H18Br2N2/c1-16-7-11-4-5-17(9-11)8-10-2-3-12(14)13(15)6-10/h2-3,6,11,16H,4-5,7-9H2,1H3. The predicted octanol–water partition coefficient (Wildman–Crippen LogP) is 3.25. The van der Waals surface area contributed by atoms with Crippen LogP contribution in [0.15, 0.2) is 27.1 Å². The fourth-order valence-corrected chi connectivity index (χ4v) is 3.08. The van der Waals surface area contributed by atoms with Crippen LogP contribution in [0, 0.1) is 5.92 Å². The van der Waals surface area contributed by atoms with Crippen LogP contribution in [-0.2, 0) is 6.54 Å². The molecular weight excluding hydrogens is 344 g/mol. The van der Waals surface area contributed by atoms with E-state index in [1.807, 2.05) is 7.05 Å². The normalized spacial score (nSPS) is 21.0. The molecule has 1 fully saturated rings. The van der Waals surface area contributed by atoms with Gasteiger partial charge in [0.25, 0.3) is 0 Å². The van der Waals surface area contributed by atoms with Crippen molar-refractivity contribution in [1.82, 2.24) is 10.2 Å². The second-order valence-corrected chi connectivity index (χ2v) is 6.40. The number of halogens is 2. The van der Waals surface area contributed by atoms with Gasteiger partial charge in [-0.1, -0.05) is 6.07 Å².